The van der Waals surface area contributed by atoms with Crippen molar-refractivity contribution in [3.8, 4) is 6.07 Å². The minimum Gasteiger partial charge on any atom is -0.366 e. The normalized spacial score (nSPS) is 18.0. The fourth-order valence-electron chi connectivity index (χ4n) is 7.71. The number of nitriles is 1. The van der Waals surface area contributed by atoms with Crippen LogP contribution in [0.25, 0.3) is 5.57 Å². The molecule has 7 rings (SSSR count). The Balaban J connectivity index is 1.23. The zero-order valence-electron chi connectivity index (χ0n) is 28.9. The summed E-state index contributed by atoms with van der Waals surface area (Å²) in [6.45, 7) is 1.31. The van der Waals surface area contributed by atoms with E-state index >= 15 is 0 Å². The summed E-state index contributed by atoms with van der Waals surface area (Å²) < 4.78 is 56.4. The van der Waals surface area contributed by atoms with Crippen molar-refractivity contribution < 1.29 is 22.6 Å². The van der Waals surface area contributed by atoms with Gasteiger partial charge in [0, 0.05) is 31.1 Å². The van der Waals surface area contributed by atoms with E-state index in [1.165, 1.54) is 6.07 Å². The quantitative estimate of drug-likeness (QED) is 0.128. The Kier molecular flexibility index (Phi) is 10.6. The van der Waals surface area contributed by atoms with Crippen molar-refractivity contribution in [3.05, 3.63) is 161 Å². The van der Waals surface area contributed by atoms with E-state index in [0.717, 1.165) is 66.1 Å². The molecule has 2 atom stereocenters. The number of imidazole rings is 1. The second-order valence-electron chi connectivity index (χ2n) is 13.3. The van der Waals surface area contributed by atoms with Crippen LogP contribution in [0.2, 0.25) is 0 Å². The number of nitrogens with zero attached hydrogens (tertiary/aromatic N) is 4. The first-order chi connectivity index (χ1) is 25.4. The van der Waals surface area contributed by atoms with Gasteiger partial charge in [0.05, 0.1) is 35.8 Å². The highest BCUT2D eigenvalue weighted by atomic mass is 19.4. The Labute approximate surface area is 302 Å². The molecule has 0 N–H and O–H groups in total. The SMILES string of the molecule is N#Cc1ccc(N(CCOC2CCCCO2)C2CCC=C(c3cn(C(c4ccccc4)(c4ccccc4)c4ccccc4)cn3)C2)cc1C(F)(F)F. The predicted octanol–water partition coefficient (Wildman–Crippen LogP) is 9.60. The summed E-state index contributed by atoms with van der Waals surface area (Å²) in [4.78, 5) is 7.00. The molecule has 52 heavy (non-hydrogen) atoms. The molecule has 1 fully saturated rings. The molecule has 1 aliphatic heterocycles. The smallest absolute Gasteiger partial charge is 0.366 e. The second kappa shape index (κ2) is 15.6. The summed E-state index contributed by atoms with van der Waals surface area (Å²) >= 11 is 0. The van der Waals surface area contributed by atoms with E-state index < -0.39 is 22.8 Å². The highest BCUT2D eigenvalue weighted by Gasteiger charge is 2.39. The number of anilines is 1. The van der Waals surface area contributed by atoms with Gasteiger partial charge >= 0.3 is 6.18 Å². The monoisotopic (exact) mass is 702 g/mol. The molecule has 0 amide bonds. The Morgan fingerprint density at radius 1 is 0.865 bits per heavy atom. The first kappa shape index (κ1) is 35.2. The minimum atomic E-state index is -4.66. The number of ether oxygens (including phenoxy) is 2. The van der Waals surface area contributed by atoms with Crippen molar-refractivity contribution >= 4 is 11.3 Å². The topological polar surface area (TPSA) is 63.3 Å². The average Bonchev–Trinajstić information content (AvgIpc) is 3.69. The van der Waals surface area contributed by atoms with Gasteiger partial charge in [-0.05, 0) is 79.0 Å². The summed E-state index contributed by atoms with van der Waals surface area (Å²) in [5.74, 6) is 0. The molecule has 0 saturated carbocycles. The number of hydrogen-bond acceptors (Lipinski definition) is 5. The summed E-state index contributed by atoms with van der Waals surface area (Å²) in [6.07, 6.45) is 6.07. The van der Waals surface area contributed by atoms with Gasteiger partial charge in [-0.15, -0.1) is 0 Å². The molecule has 5 aromatic rings. The molecule has 1 aromatic heterocycles. The number of benzene rings is 4. The number of allylic oxidation sites excluding steroid dienone is 1. The van der Waals surface area contributed by atoms with Gasteiger partial charge in [-0.3, -0.25) is 0 Å². The first-order valence-electron chi connectivity index (χ1n) is 17.9. The molecule has 2 unspecified atom stereocenters. The molecule has 1 aliphatic carbocycles. The molecular formula is C43H41F3N4O2. The highest BCUT2D eigenvalue weighted by Crippen LogP contribution is 2.42. The number of rotatable bonds is 11. The van der Waals surface area contributed by atoms with Crippen LogP contribution in [0.1, 0.15) is 72.0 Å². The highest BCUT2D eigenvalue weighted by molar-refractivity contribution is 5.66. The Bertz CT molecular complexity index is 1900. The van der Waals surface area contributed by atoms with Crippen LogP contribution in [0.15, 0.2) is 128 Å². The minimum absolute atomic E-state index is 0.128. The number of aromatic nitrogens is 2. The van der Waals surface area contributed by atoms with Crippen LogP contribution < -0.4 is 4.90 Å². The summed E-state index contributed by atoms with van der Waals surface area (Å²) in [5, 5.41) is 9.47. The van der Waals surface area contributed by atoms with Crippen LogP contribution in [-0.2, 0) is 21.2 Å². The maximum Gasteiger partial charge on any atom is 0.417 e. The molecule has 0 spiro atoms. The van der Waals surface area contributed by atoms with Gasteiger partial charge in [0.1, 0.15) is 5.54 Å². The van der Waals surface area contributed by atoms with Gasteiger partial charge in [-0.1, -0.05) is 97.1 Å². The molecule has 266 valence electrons. The van der Waals surface area contributed by atoms with E-state index in [4.69, 9.17) is 14.5 Å². The van der Waals surface area contributed by atoms with Crippen molar-refractivity contribution in [1.29, 1.82) is 5.26 Å². The third-order valence-electron chi connectivity index (χ3n) is 10.2. The third-order valence-corrected chi connectivity index (χ3v) is 10.2. The van der Waals surface area contributed by atoms with Crippen molar-refractivity contribution in [1.82, 2.24) is 9.55 Å². The molecule has 9 heteroatoms. The van der Waals surface area contributed by atoms with Crippen LogP contribution in [0.4, 0.5) is 18.9 Å². The van der Waals surface area contributed by atoms with Crippen LogP contribution in [-0.4, -0.2) is 41.6 Å². The first-order valence-corrected chi connectivity index (χ1v) is 17.9. The van der Waals surface area contributed by atoms with E-state index in [1.54, 1.807) is 12.1 Å². The second-order valence-corrected chi connectivity index (χ2v) is 13.3. The van der Waals surface area contributed by atoms with Crippen molar-refractivity contribution in [2.45, 2.75) is 62.6 Å². The predicted molar refractivity (Wildman–Crippen MR) is 195 cm³/mol. The molecule has 6 nitrogen and oxygen atoms in total. The van der Waals surface area contributed by atoms with Crippen molar-refractivity contribution in [3.63, 3.8) is 0 Å². The molecule has 0 bridgehead atoms. The zero-order chi connectivity index (χ0) is 36.0. The van der Waals surface area contributed by atoms with Crippen LogP contribution in [0, 0.1) is 11.3 Å². The van der Waals surface area contributed by atoms with E-state index in [1.807, 2.05) is 65.8 Å². The fourth-order valence-corrected chi connectivity index (χ4v) is 7.71. The summed E-state index contributed by atoms with van der Waals surface area (Å²) in [5.41, 5.74) is 3.47. The maximum absolute atomic E-state index is 14.1. The zero-order valence-corrected chi connectivity index (χ0v) is 28.9. The lowest BCUT2D eigenvalue weighted by molar-refractivity contribution is -0.160. The van der Waals surface area contributed by atoms with Crippen LogP contribution in [0.3, 0.4) is 0 Å². The number of hydrogen-bond donors (Lipinski definition) is 0. The molecule has 4 aromatic carbocycles. The lowest BCUT2D eigenvalue weighted by Crippen LogP contribution is -2.40. The number of alkyl halides is 3. The van der Waals surface area contributed by atoms with Gasteiger partial charge in [-0.25, -0.2) is 4.98 Å². The van der Waals surface area contributed by atoms with Crippen molar-refractivity contribution in [2.24, 2.45) is 0 Å². The Morgan fingerprint density at radius 3 is 2.10 bits per heavy atom. The summed E-state index contributed by atoms with van der Waals surface area (Å²) in [7, 11) is 0. The van der Waals surface area contributed by atoms with Gasteiger partial charge in [-0.2, -0.15) is 18.4 Å². The van der Waals surface area contributed by atoms with Gasteiger partial charge in [0.15, 0.2) is 6.29 Å². The van der Waals surface area contributed by atoms with Gasteiger partial charge in [0.2, 0.25) is 0 Å². The Hall–Kier alpha value is -5.17. The Morgan fingerprint density at radius 2 is 1.52 bits per heavy atom. The van der Waals surface area contributed by atoms with E-state index in [9.17, 15) is 18.4 Å². The average molecular weight is 703 g/mol. The number of halogens is 3. The lowest BCUT2D eigenvalue weighted by Gasteiger charge is -2.37. The van der Waals surface area contributed by atoms with E-state index in [-0.39, 0.29) is 12.3 Å². The fraction of sp³-hybridized carbons (Fsp3) is 0.302. The molecular weight excluding hydrogens is 661 g/mol. The molecule has 2 heterocycles. The van der Waals surface area contributed by atoms with Gasteiger partial charge in [0.25, 0.3) is 0 Å². The maximum atomic E-state index is 14.1. The van der Waals surface area contributed by atoms with Gasteiger partial charge < -0.3 is 18.9 Å². The van der Waals surface area contributed by atoms with Crippen LogP contribution >= 0.6 is 0 Å². The molecule has 2 aliphatic rings. The van der Waals surface area contributed by atoms with E-state index in [2.05, 4.69) is 53.2 Å². The molecule has 0 radical (unpaired) electrons. The van der Waals surface area contributed by atoms with Crippen LogP contribution in [0.5, 0.6) is 0 Å². The standard InChI is InChI=1S/C43H41F3N4O2/c44-43(45,46)39-28-38(23-22-33(39)29-47)50(24-26-52-41-21-10-11-25-51-41)37-20-12-13-32(27-37)40-30-49(31-48-40)42(34-14-4-1-5-15-34,35-16-6-2-7-17-35)36-18-8-3-9-19-36/h1-9,13-19,22-23,28,30-31,37,41H,10-12,20-21,24-27H2. The van der Waals surface area contributed by atoms with E-state index in [0.29, 0.717) is 31.9 Å². The largest absolute Gasteiger partial charge is 0.417 e. The molecule has 1 saturated heterocycles. The van der Waals surface area contributed by atoms with Crippen molar-refractivity contribution in [2.75, 3.05) is 24.7 Å². The lowest BCUT2D eigenvalue weighted by atomic mass is 9.76. The third kappa shape index (κ3) is 7.27. The summed E-state index contributed by atoms with van der Waals surface area (Å²) in [6, 6.07) is 36.8.